The molecule has 4 heteroatoms. The van der Waals surface area contributed by atoms with Crippen LogP contribution in [-0.2, 0) is 9.53 Å². The summed E-state index contributed by atoms with van der Waals surface area (Å²) in [6.07, 6.45) is 4.45. The fourth-order valence-electron chi connectivity index (χ4n) is 2.95. The molecule has 4 atom stereocenters. The number of aliphatic carboxylic acids is 1. The molecule has 0 saturated carbocycles. The highest BCUT2D eigenvalue weighted by atomic mass is 16.5. The van der Waals surface area contributed by atoms with Gasteiger partial charge in [0, 0.05) is 6.61 Å². The smallest absolute Gasteiger partial charge is 0.320 e. The molecular formula is C12H21NO3. The van der Waals surface area contributed by atoms with Crippen LogP contribution in [0.4, 0.5) is 0 Å². The number of carboxylic acid groups (broad SMARTS) is 1. The van der Waals surface area contributed by atoms with Gasteiger partial charge in [0.15, 0.2) is 0 Å². The van der Waals surface area contributed by atoms with E-state index in [9.17, 15) is 4.79 Å². The van der Waals surface area contributed by atoms with Crippen molar-refractivity contribution >= 4 is 5.97 Å². The molecule has 16 heavy (non-hydrogen) atoms. The van der Waals surface area contributed by atoms with Crippen molar-refractivity contribution < 1.29 is 14.6 Å². The lowest BCUT2D eigenvalue weighted by atomic mass is 9.79. The van der Waals surface area contributed by atoms with Gasteiger partial charge < -0.3 is 15.2 Å². The predicted molar refractivity (Wildman–Crippen MR) is 60.3 cm³/mol. The molecule has 0 bridgehead atoms. The van der Waals surface area contributed by atoms with Crippen LogP contribution >= 0.6 is 0 Å². The Morgan fingerprint density at radius 2 is 2.12 bits per heavy atom. The molecule has 2 aliphatic rings. The third-order valence-electron chi connectivity index (χ3n) is 3.94. The number of hydrogen-bond acceptors (Lipinski definition) is 3. The van der Waals surface area contributed by atoms with E-state index in [1.54, 1.807) is 0 Å². The van der Waals surface area contributed by atoms with E-state index in [1.165, 1.54) is 0 Å². The molecule has 4 nitrogen and oxygen atoms in total. The summed E-state index contributed by atoms with van der Waals surface area (Å²) in [6.45, 7) is 3.85. The first-order valence-corrected chi connectivity index (χ1v) is 6.24. The maximum Gasteiger partial charge on any atom is 0.320 e. The van der Waals surface area contributed by atoms with Crippen molar-refractivity contribution in [2.45, 2.75) is 44.8 Å². The van der Waals surface area contributed by atoms with Crippen molar-refractivity contribution in [2.24, 2.45) is 11.8 Å². The van der Waals surface area contributed by atoms with Crippen molar-refractivity contribution in [1.82, 2.24) is 5.32 Å². The van der Waals surface area contributed by atoms with Crippen LogP contribution in [0, 0.1) is 11.8 Å². The van der Waals surface area contributed by atoms with Gasteiger partial charge in [-0.15, -0.1) is 0 Å². The highest BCUT2D eigenvalue weighted by Crippen LogP contribution is 2.31. The molecule has 0 amide bonds. The Morgan fingerprint density at radius 3 is 2.69 bits per heavy atom. The summed E-state index contributed by atoms with van der Waals surface area (Å²) in [5, 5.41) is 12.0. The molecule has 0 aromatic heterocycles. The first-order valence-electron chi connectivity index (χ1n) is 6.24. The number of piperidine rings is 1. The van der Waals surface area contributed by atoms with Crippen LogP contribution in [0.3, 0.4) is 0 Å². The second kappa shape index (κ2) is 5.15. The average Bonchev–Trinajstić information content (AvgIpc) is 2.29. The Morgan fingerprint density at radius 1 is 1.31 bits per heavy atom. The van der Waals surface area contributed by atoms with Crippen molar-refractivity contribution in [2.75, 3.05) is 13.2 Å². The Hall–Kier alpha value is -0.610. The van der Waals surface area contributed by atoms with Gasteiger partial charge in [-0.1, -0.05) is 0 Å². The summed E-state index contributed by atoms with van der Waals surface area (Å²) in [5.41, 5.74) is 0. The number of carboxylic acids is 1. The number of ether oxygens (including phenoxy) is 1. The van der Waals surface area contributed by atoms with Crippen LogP contribution in [0.2, 0.25) is 0 Å². The van der Waals surface area contributed by atoms with Crippen LogP contribution in [0.15, 0.2) is 0 Å². The Balaban J connectivity index is 1.81. The number of hydrogen-bond donors (Lipinski definition) is 2. The fourth-order valence-corrected chi connectivity index (χ4v) is 2.95. The van der Waals surface area contributed by atoms with Gasteiger partial charge in [-0.3, -0.25) is 4.79 Å². The molecule has 0 aromatic rings. The van der Waals surface area contributed by atoms with E-state index in [1.807, 2.05) is 0 Å². The zero-order valence-electron chi connectivity index (χ0n) is 9.82. The van der Waals surface area contributed by atoms with E-state index in [4.69, 9.17) is 9.84 Å². The van der Waals surface area contributed by atoms with Crippen molar-refractivity contribution in [3.8, 4) is 0 Å². The van der Waals surface area contributed by atoms with Crippen LogP contribution in [-0.4, -0.2) is 36.4 Å². The molecule has 2 aliphatic heterocycles. The van der Waals surface area contributed by atoms with Crippen molar-refractivity contribution in [3.63, 3.8) is 0 Å². The van der Waals surface area contributed by atoms with Gasteiger partial charge in [-0.05, 0) is 51.0 Å². The number of rotatable bonds is 2. The number of nitrogens with one attached hydrogen (secondary N) is 1. The topological polar surface area (TPSA) is 58.6 Å². The van der Waals surface area contributed by atoms with Gasteiger partial charge in [0.2, 0.25) is 0 Å². The lowest BCUT2D eigenvalue weighted by Gasteiger charge is -2.37. The summed E-state index contributed by atoms with van der Waals surface area (Å²) in [6, 6.07) is -0.325. The fraction of sp³-hybridized carbons (Fsp3) is 0.917. The normalized spacial score (nSPS) is 40.6. The molecule has 0 spiro atoms. The summed E-state index contributed by atoms with van der Waals surface area (Å²) < 4.78 is 5.54. The van der Waals surface area contributed by atoms with Crippen molar-refractivity contribution in [3.05, 3.63) is 0 Å². The molecule has 92 valence electrons. The van der Waals surface area contributed by atoms with Gasteiger partial charge in [-0.25, -0.2) is 0 Å². The van der Waals surface area contributed by atoms with E-state index in [0.29, 0.717) is 17.9 Å². The van der Waals surface area contributed by atoms with E-state index < -0.39 is 5.97 Å². The molecule has 2 heterocycles. The molecular weight excluding hydrogens is 206 g/mol. The first-order chi connectivity index (χ1) is 7.66. The zero-order valence-corrected chi connectivity index (χ0v) is 9.82. The second-order valence-corrected chi connectivity index (χ2v) is 5.10. The van der Waals surface area contributed by atoms with Crippen molar-refractivity contribution in [1.29, 1.82) is 0 Å². The Bertz CT molecular complexity index is 249. The first kappa shape index (κ1) is 11.9. The van der Waals surface area contributed by atoms with Gasteiger partial charge in [-0.2, -0.15) is 0 Å². The average molecular weight is 227 g/mol. The minimum atomic E-state index is -0.709. The summed E-state index contributed by atoms with van der Waals surface area (Å²) in [7, 11) is 0. The van der Waals surface area contributed by atoms with Crippen LogP contribution in [0.25, 0.3) is 0 Å². The second-order valence-electron chi connectivity index (χ2n) is 5.10. The summed E-state index contributed by atoms with van der Waals surface area (Å²) in [4.78, 5) is 10.8. The molecule has 0 aromatic carbocycles. The monoisotopic (exact) mass is 227 g/mol. The Kier molecular flexibility index (Phi) is 3.82. The SMILES string of the molecule is CC1CC(C2CCC(C(=O)O)NC2)CCO1. The minimum Gasteiger partial charge on any atom is -0.480 e. The molecule has 2 saturated heterocycles. The van der Waals surface area contributed by atoms with Gasteiger partial charge >= 0.3 is 5.97 Å². The van der Waals surface area contributed by atoms with Gasteiger partial charge in [0.1, 0.15) is 6.04 Å². The van der Waals surface area contributed by atoms with Gasteiger partial charge in [0.25, 0.3) is 0 Å². The van der Waals surface area contributed by atoms with Crippen LogP contribution in [0.5, 0.6) is 0 Å². The van der Waals surface area contributed by atoms with Gasteiger partial charge in [0.05, 0.1) is 6.10 Å². The maximum absolute atomic E-state index is 10.8. The third-order valence-corrected chi connectivity index (χ3v) is 3.94. The predicted octanol–water partition coefficient (Wildman–Crippen LogP) is 1.25. The Labute approximate surface area is 96.4 Å². The quantitative estimate of drug-likeness (QED) is 0.745. The molecule has 2 fully saturated rings. The lowest BCUT2D eigenvalue weighted by molar-refractivity contribution is -0.140. The van der Waals surface area contributed by atoms with E-state index in [-0.39, 0.29) is 6.04 Å². The standard InChI is InChI=1S/C12H21NO3/c1-8-6-9(4-5-16-8)10-2-3-11(12(14)15)13-7-10/h8-11,13H,2-7H2,1H3,(H,14,15). The molecule has 0 aliphatic carbocycles. The van der Waals surface area contributed by atoms with Crippen LogP contribution in [0.1, 0.15) is 32.6 Å². The molecule has 2 N–H and O–H groups in total. The summed E-state index contributed by atoms with van der Waals surface area (Å²) >= 11 is 0. The lowest BCUT2D eigenvalue weighted by Crippen LogP contribution is -2.46. The third kappa shape index (κ3) is 2.74. The molecule has 0 radical (unpaired) electrons. The highest BCUT2D eigenvalue weighted by Gasteiger charge is 2.32. The minimum absolute atomic E-state index is 0.325. The van der Waals surface area contributed by atoms with E-state index in [0.717, 1.165) is 38.8 Å². The maximum atomic E-state index is 10.8. The zero-order chi connectivity index (χ0) is 11.5. The molecule has 4 unspecified atom stereocenters. The number of carbonyl (C=O) groups is 1. The van der Waals surface area contributed by atoms with Crippen LogP contribution < -0.4 is 5.32 Å². The largest absolute Gasteiger partial charge is 0.480 e. The highest BCUT2D eigenvalue weighted by molar-refractivity contribution is 5.73. The molecule has 2 rings (SSSR count). The van der Waals surface area contributed by atoms with E-state index >= 15 is 0 Å². The van der Waals surface area contributed by atoms with E-state index in [2.05, 4.69) is 12.2 Å². The summed E-state index contributed by atoms with van der Waals surface area (Å²) in [5.74, 6) is 0.645.